The number of rotatable bonds is 7. The van der Waals surface area contributed by atoms with Crippen molar-refractivity contribution in [1.29, 1.82) is 0 Å². The molecule has 2 heterocycles. The van der Waals surface area contributed by atoms with Crippen molar-refractivity contribution in [2.45, 2.75) is 74.8 Å². The quantitative estimate of drug-likeness (QED) is 0.204. The summed E-state index contributed by atoms with van der Waals surface area (Å²) in [5.41, 5.74) is 0.643. The smallest absolute Gasteiger partial charge is 0.229 e. The van der Waals surface area contributed by atoms with Gasteiger partial charge in [0.2, 0.25) is 6.29 Å². The fourth-order valence-corrected chi connectivity index (χ4v) is 3.56. The van der Waals surface area contributed by atoms with E-state index in [1.807, 2.05) is 0 Å². The number of aromatic hydroxyl groups is 1. The van der Waals surface area contributed by atoms with E-state index in [1.165, 1.54) is 19.1 Å². The third-order valence-electron chi connectivity index (χ3n) is 5.57. The Labute approximate surface area is 183 Å². The van der Waals surface area contributed by atoms with Gasteiger partial charge < -0.3 is 59.8 Å². The fraction of sp³-hybridized carbons (Fsp3) is 0.700. The van der Waals surface area contributed by atoms with Gasteiger partial charge in [-0.15, -0.1) is 0 Å². The minimum Gasteiger partial charge on any atom is -0.504 e. The molecule has 32 heavy (non-hydrogen) atoms. The molecule has 8 N–H and O–H groups in total. The van der Waals surface area contributed by atoms with Crippen LogP contribution in [0.5, 0.6) is 11.5 Å². The van der Waals surface area contributed by atoms with Crippen molar-refractivity contribution < 1.29 is 59.8 Å². The first-order valence-electron chi connectivity index (χ1n) is 10.2. The molecule has 0 saturated carbocycles. The summed E-state index contributed by atoms with van der Waals surface area (Å²) in [6.07, 6.45) is -14.0. The average molecular weight is 462 g/mol. The fourth-order valence-electron chi connectivity index (χ4n) is 3.56. The summed E-state index contributed by atoms with van der Waals surface area (Å²) >= 11 is 0. The van der Waals surface area contributed by atoms with Gasteiger partial charge in [-0.1, -0.05) is 6.07 Å². The maximum Gasteiger partial charge on any atom is 0.229 e. The van der Waals surface area contributed by atoms with Gasteiger partial charge in [-0.2, -0.15) is 0 Å². The van der Waals surface area contributed by atoms with Gasteiger partial charge in [0, 0.05) is 6.61 Å². The van der Waals surface area contributed by atoms with Crippen LogP contribution in [0.25, 0.3) is 0 Å². The van der Waals surface area contributed by atoms with Crippen molar-refractivity contribution in [3.8, 4) is 11.5 Å². The van der Waals surface area contributed by atoms with Gasteiger partial charge in [0.1, 0.15) is 42.7 Å². The van der Waals surface area contributed by atoms with E-state index in [0.29, 0.717) is 12.0 Å². The summed E-state index contributed by atoms with van der Waals surface area (Å²) in [6.45, 7) is 0.915. The van der Waals surface area contributed by atoms with Crippen molar-refractivity contribution in [2.24, 2.45) is 0 Å². The van der Waals surface area contributed by atoms with E-state index in [-0.39, 0.29) is 18.1 Å². The van der Waals surface area contributed by atoms with E-state index in [2.05, 4.69) is 0 Å². The highest BCUT2D eigenvalue weighted by Crippen LogP contribution is 2.32. The van der Waals surface area contributed by atoms with Crippen LogP contribution in [0.2, 0.25) is 0 Å². The van der Waals surface area contributed by atoms with Gasteiger partial charge in [-0.25, -0.2) is 0 Å². The van der Waals surface area contributed by atoms with Crippen LogP contribution in [0.1, 0.15) is 12.5 Å². The Morgan fingerprint density at radius 3 is 2.19 bits per heavy atom. The van der Waals surface area contributed by atoms with Gasteiger partial charge >= 0.3 is 0 Å². The molecule has 182 valence electrons. The predicted molar refractivity (Wildman–Crippen MR) is 105 cm³/mol. The Morgan fingerprint density at radius 1 is 0.844 bits per heavy atom. The number of phenolic OH excluding ortho intramolecular Hbond substituents is 1. The third-order valence-corrected chi connectivity index (χ3v) is 5.57. The summed E-state index contributed by atoms with van der Waals surface area (Å²) in [6, 6.07) is 4.35. The molecule has 1 aromatic carbocycles. The molecular formula is C20H30O12. The molecule has 0 radical (unpaired) electrons. The molecule has 12 heteroatoms. The monoisotopic (exact) mass is 462 g/mol. The summed E-state index contributed by atoms with van der Waals surface area (Å²) in [5, 5.41) is 79.5. The van der Waals surface area contributed by atoms with Crippen LogP contribution in [0.4, 0.5) is 0 Å². The Morgan fingerprint density at radius 2 is 1.50 bits per heavy atom. The maximum absolute atomic E-state index is 10.3. The van der Waals surface area contributed by atoms with Crippen LogP contribution >= 0.6 is 0 Å². The van der Waals surface area contributed by atoms with Gasteiger partial charge in [0.25, 0.3) is 0 Å². The number of phenols is 1. The largest absolute Gasteiger partial charge is 0.504 e. The zero-order chi connectivity index (χ0) is 23.6. The molecule has 2 aliphatic heterocycles. The van der Waals surface area contributed by atoms with E-state index in [0.717, 1.165) is 0 Å². The Balaban J connectivity index is 1.67. The average Bonchev–Trinajstić information content (AvgIpc) is 2.77. The second-order valence-corrected chi connectivity index (χ2v) is 7.92. The SMILES string of the molecule is C[C@@H]1O[C@H](OC[C@H]2O[C@H](Oc3cc(CCO)ccc3O)[C@@H](O)[C@@H](O)[C@@H]2O)[C@@H](O)[C@H](O)[C@@H]1O. The molecule has 0 unspecified atom stereocenters. The van der Waals surface area contributed by atoms with E-state index in [4.69, 9.17) is 24.1 Å². The standard InChI is InChI=1S/C20H30O12/c1-8-13(23)15(25)17(27)19(30-8)29-7-12-14(24)16(26)18(28)20(32-12)31-11-6-9(4-5-21)2-3-10(11)22/h2-3,6,8,12-28H,4-5,7H2,1H3/t8-,12+,13+,14+,15+,16-,17-,18-,19-,20-/m0/s1. The van der Waals surface area contributed by atoms with Crippen molar-refractivity contribution in [2.75, 3.05) is 13.2 Å². The molecule has 1 aromatic rings. The number of ether oxygens (including phenoxy) is 4. The summed E-state index contributed by atoms with van der Waals surface area (Å²) in [4.78, 5) is 0. The normalized spacial score (nSPS) is 40.2. The first kappa shape index (κ1) is 25.1. The Kier molecular flexibility index (Phi) is 8.27. The van der Waals surface area contributed by atoms with Crippen LogP contribution in [-0.4, -0.2) is 115 Å². The molecule has 2 aliphatic rings. The van der Waals surface area contributed by atoms with Gasteiger partial charge in [-0.05, 0) is 31.0 Å². The lowest BCUT2D eigenvalue weighted by Crippen LogP contribution is -2.61. The second kappa shape index (κ2) is 10.6. The number of benzene rings is 1. The molecule has 12 nitrogen and oxygen atoms in total. The van der Waals surface area contributed by atoms with E-state index in [9.17, 15) is 35.7 Å². The molecular weight excluding hydrogens is 432 g/mol. The third kappa shape index (κ3) is 5.31. The first-order valence-corrected chi connectivity index (χ1v) is 10.2. The van der Waals surface area contributed by atoms with Crippen molar-refractivity contribution >= 4 is 0 Å². The zero-order valence-corrected chi connectivity index (χ0v) is 17.3. The highest BCUT2D eigenvalue weighted by Gasteiger charge is 2.47. The molecule has 0 aliphatic carbocycles. The molecule has 2 fully saturated rings. The predicted octanol–water partition coefficient (Wildman–Crippen LogP) is -3.04. The van der Waals surface area contributed by atoms with Crippen LogP contribution in [0.3, 0.4) is 0 Å². The number of hydrogen-bond acceptors (Lipinski definition) is 12. The van der Waals surface area contributed by atoms with Gasteiger partial charge in [0.05, 0.1) is 12.7 Å². The lowest BCUT2D eigenvalue weighted by Gasteiger charge is -2.42. The minimum atomic E-state index is -1.69. The molecule has 0 bridgehead atoms. The molecule has 0 amide bonds. The second-order valence-electron chi connectivity index (χ2n) is 7.92. The highest BCUT2D eigenvalue weighted by atomic mass is 16.7. The lowest BCUT2D eigenvalue weighted by atomic mass is 9.98. The number of hydrogen-bond donors (Lipinski definition) is 8. The Hall–Kier alpha value is -1.58. The highest BCUT2D eigenvalue weighted by molar-refractivity contribution is 5.42. The minimum absolute atomic E-state index is 0.0692. The zero-order valence-electron chi connectivity index (χ0n) is 17.3. The Bertz CT molecular complexity index is 747. The van der Waals surface area contributed by atoms with E-state index >= 15 is 0 Å². The maximum atomic E-state index is 10.3. The van der Waals surface area contributed by atoms with Crippen molar-refractivity contribution in [3.63, 3.8) is 0 Å². The first-order chi connectivity index (χ1) is 15.1. The van der Waals surface area contributed by atoms with Crippen molar-refractivity contribution in [1.82, 2.24) is 0 Å². The van der Waals surface area contributed by atoms with Crippen LogP contribution in [0, 0.1) is 0 Å². The van der Waals surface area contributed by atoms with Crippen LogP contribution in [0.15, 0.2) is 18.2 Å². The molecule has 0 spiro atoms. The molecule has 3 rings (SSSR count). The van der Waals surface area contributed by atoms with Crippen molar-refractivity contribution in [3.05, 3.63) is 23.8 Å². The summed E-state index contributed by atoms with van der Waals surface area (Å²) in [5.74, 6) is -0.337. The van der Waals surface area contributed by atoms with E-state index < -0.39 is 68.0 Å². The van der Waals surface area contributed by atoms with E-state index in [1.54, 1.807) is 6.07 Å². The summed E-state index contributed by atoms with van der Waals surface area (Å²) in [7, 11) is 0. The number of aliphatic hydroxyl groups excluding tert-OH is 7. The van der Waals surface area contributed by atoms with Gasteiger partial charge in [0.15, 0.2) is 17.8 Å². The van der Waals surface area contributed by atoms with Crippen LogP contribution < -0.4 is 4.74 Å². The molecule has 2 saturated heterocycles. The lowest BCUT2D eigenvalue weighted by molar-refractivity contribution is -0.318. The molecule has 0 aromatic heterocycles. The number of aliphatic hydroxyl groups is 7. The van der Waals surface area contributed by atoms with Crippen LogP contribution in [-0.2, 0) is 20.6 Å². The summed E-state index contributed by atoms with van der Waals surface area (Å²) < 4.78 is 21.7. The van der Waals surface area contributed by atoms with Gasteiger partial charge in [-0.3, -0.25) is 0 Å². The topological polar surface area (TPSA) is 199 Å². The molecule has 10 atom stereocenters.